The molecule has 0 spiro atoms. The fourth-order valence-electron chi connectivity index (χ4n) is 3.35. The van der Waals surface area contributed by atoms with E-state index in [9.17, 15) is 14.4 Å². The third kappa shape index (κ3) is 4.94. The maximum Gasteiger partial charge on any atom is 0.341 e. The Bertz CT molecular complexity index is 1000. The maximum absolute atomic E-state index is 12.8. The molecule has 160 valence electrons. The van der Waals surface area contributed by atoms with Crippen molar-refractivity contribution in [3.05, 3.63) is 38.7 Å². The van der Waals surface area contributed by atoms with E-state index in [1.807, 2.05) is 0 Å². The van der Waals surface area contributed by atoms with Crippen LogP contribution in [0.4, 0.5) is 10.7 Å². The number of benzene rings is 1. The Balaban J connectivity index is 1.72. The number of hydrogen-bond donors (Lipinski definition) is 2. The Morgan fingerprint density at radius 3 is 2.60 bits per heavy atom. The number of aryl methyl sites for hydroxylation is 2. The van der Waals surface area contributed by atoms with Crippen LogP contribution in [0.3, 0.4) is 0 Å². The van der Waals surface area contributed by atoms with E-state index in [1.165, 1.54) is 25.4 Å². The molecule has 0 unspecified atom stereocenters. The fraction of sp³-hybridized carbons (Fsp3) is 0.381. The van der Waals surface area contributed by atoms with Crippen LogP contribution in [-0.2, 0) is 27.2 Å². The Morgan fingerprint density at radius 2 is 1.90 bits per heavy atom. The number of hydrogen-bond acceptors (Lipinski definition) is 6. The quantitative estimate of drug-likeness (QED) is 0.638. The lowest BCUT2D eigenvalue weighted by atomic mass is 9.95. The molecule has 1 aromatic heterocycles. The van der Waals surface area contributed by atoms with Crippen LogP contribution in [0.2, 0.25) is 5.02 Å². The van der Waals surface area contributed by atoms with Gasteiger partial charge in [-0.15, -0.1) is 11.3 Å². The summed E-state index contributed by atoms with van der Waals surface area (Å²) in [7, 11) is 1.47. The Hall–Kier alpha value is -2.58. The van der Waals surface area contributed by atoms with Crippen molar-refractivity contribution in [3.63, 3.8) is 0 Å². The average Bonchev–Trinajstić information content (AvgIpc) is 3.05. The number of amides is 2. The van der Waals surface area contributed by atoms with Crippen molar-refractivity contribution in [1.82, 2.24) is 0 Å². The smallest absolute Gasteiger partial charge is 0.341 e. The predicted molar refractivity (Wildman–Crippen MR) is 117 cm³/mol. The van der Waals surface area contributed by atoms with Gasteiger partial charge in [0.25, 0.3) is 5.91 Å². The van der Waals surface area contributed by atoms with Crippen LogP contribution in [-0.4, -0.2) is 31.5 Å². The first-order valence-corrected chi connectivity index (χ1v) is 10.7. The number of anilines is 2. The van der Waals surface area contributed by atoms with Crippen LogP contribution >= 0.6 is 22.9 Å². The molecule has 0 bridgehead atoms. The largest absolute Gasteiger partial charge is 0.495 e. The molecule has 0 atom stereocenters. The molecule has 2 aromatic rings. The lowest BCUT2D eigenvalue weighted by Gasteiger charge is -2.14. The van der Waals surface area contributed by atoms with E-state index in [2.05, 4.69) is 10.6 Å². The first-order chi connectivity index (χ1) is 14.3. The molecule has 30 heavy (non-hydrogen) atoms. The monoisotopic (exact) mass is 450 g/mol. The first-order valence-electron chi connectivity index (χ1n) is 9.53. The fourth-order valence-corrected chi connectivity index (χ4v) is 4.83. The standard InChI is InChI=1S/C21H23ClN2O5S/c1-11-8-15(16(28-3)9-14(11)22)24-18(26)10-29-21(27)19-13-6-4-5-7-17(13)30-20(19)23-12(2)25/h8-9H,4-7,10H2,1-3H3,(H,23,25)(H,24,26). The van der Waals surface area contributed by atoms with Crippen molar-refractivity contribution in [3.8, 4) is 5.75 Å². The minimum atomic E-state index is -0.618. The highest BCUT2D eigenvalue weighted by Crippen LogP contribution is 2.38. The van der Waals surface area contributed by atoms with E-state index >= 15 is 0 Å². The molecule has 1 heterocycles. The van der Waals surface area contributed by atoms with Gasteiger partial charge in [0.15, 0.2) is 6.61 Å². The number of ether oxygens (including phenoxy) is 2. The van der Waals surface area contributed by atoms with E-state index in [0.29, 0.717) is 27.0 Å². The third-order valence-electron chi connectivity index (χ3n) is 4.75. The summed E-state index contributed by atoms with van der Waals surface area (Å²) in [4.78, 5) is 37.8. The lowest BCUT2D eigenvalue weighted by Crippen LogP contribution is -2.22. The van der Waals surface area contributed by atoms with Crippen molar-refractivity contribution in [2.45, 2.75) is 39.5 Å². The number of carbonyl (C=O) groups excluding carboxylic acids is 3. The summed E-state index contributed by atoms with van der Waals surface area (Å²) in [5, 5.41) is 6.39. The minimum Gasteiger partial charge on any atom is -0.495 e. The van der Waals surface area contributed by atoms with E-state index in [1.54, 1.807) is 19.1 Å². The molecule has 2 amide bonds. The van der Waals surface area contributed by atoms with Gasteiger partial charge in [-0.1, -0.05) is 11.6 Å². The number of carbonyl (C=O) groups is 3. The van der Waals surface area contributed by atoms with Crippen molar-refractivity contribution in [2.24, 2.45) is 0 Å². The van der Waals surface area contributed by atoms with E-state index < -0.39 is 18.5 Å². The Morgan fingerprint density at radius 1 is 1.17 bits per heavy atom. The van der Waals surface area contributed by atoms with Gasteiger partial charge in [0.2, 0.25) is 5.91 Å². The summed E-state index contributed by atoms with van der Waals surface area (Å²) < 4.78 is 10.5. The molecular weight excluding hydrogens is 428 g/mol. The van der Waals surface area contributed by atoms with E-state index in [4.69, 9.17) is 21.1 Å². The summed E-state index contributed by atoms with van der Waals surface area (Å²) in [6, 6.07) is 3.29. The summed E-state index contributed by atoms with van der Waals surface area (Å²) in [6.45, 7) is 2.73. The number of nitrogens with one attached hydrogen (secondary N) is 2. The van der Waals surface area contributed by atoms with E-state index in [-0.39, 0.29) is 5.91 Å². The molecular formula is C21H23ClN2O5S. The van der Waals surface area contributed by atoms with Crippen molar-refractivity contribution in [1.29, 1.82) is 0 Å². The highest BCUT2D eigenvalue weighted by molar-refractivity contribution is 7.17. The zero-order chi connectivity index (χ0) is 21.8. The van der Waals surface area contributed by atoms with Crippen molar-refractivity contribution < 1.29 is 23.9 Å². The molecule has 0 saturated carbocycles. The second-order valence-electron chi connectivity index (χ2n) is 7.02. The van der Waals surface area contributed by atoms with Crippen LogP contribution in [0, 0.1) is 6.92 Å². The molecule has 0 fully saturated rings. The van der Waals surface area contributed by atoms with Gasteiger partial charge in [-0.25, -0.2) is 4.79 Å². The zero-order valence-corrected chi connectivity index (χ0v) is 18.6. The van der Waals surface area contributed by atoms with Crippen LogP contribution < -0.4 is 15.4 Å². The predicted octanol–water partition coefficient (Wildman–Crippen LogP) is 4.35. The van der Waals surface area contributed by atoms with Gasteiger partial charge >= 0.3 is 5.97 Å². The number of halogens is 1. The molecule has 1 aliphatic carbocycles. The average molecular weight is 451 g/mol. The second-order valence-corrected chi connectivity index (χ2v) is 8.53. The molecule has 0 radical (unpaired) electrons. The highest BCUT2D eigenvalue weighted by atomic mass is 35.5. The van der Waals surface area contributed by atoms with Gasteiger partial charge in [0.1, 0.15) is 10.8 Å². The molecule has 9 heteroatoms. The van der Waals surface area contributed by atoms with Crippen LogP contribution in [0.1, 0.15) is 46.1 Å². The first kappa shape index (κ1) is 22.1. The van der Waals surface area contributed by atoms with Gasteiger partial charge in [-0.2, -0.15) is 0 Å². The van der Waals surface area contributed by atoms with E-state index in [0.717, 1.165) is 41.7 Å². The highest BCUT2D eigenvalue weighted by Gasteiger charge is 2.27. The Labute approximate surface area is 183 Å². The number of esters is 1. The normalized spacial score (nSPS) is 12.7. The molecule has 1 aromatic carbocycles. The maximum atomic E-state index is 12.8. The number of rotatable bonds is 6. The van der Waals surface area contributed by atoms with Gasteiger partial charge < -0.3 is 20.1 Å². The molecule has 3 rings (SSSR count). The lowest BCUT2D eigenvalue weighted by molar-refractivity contribution is -0.119. The SMILES string of the molecule is COc1cc(Cl)c(C)cc1NC(=O)COC(=O)c1c(NC(C)=O)sc2c1CCCC2. The number of fused-ring (bicyclic) bond motifs is 1. The number of methoxy groups -OCH3 is 1. The minimum absolute atomic E-state index is 0.259. The third-order valence-corrected chi connectivity index (χ3v) is 6.37. The molecule has 0 saturated heterocycles. The van der Waals surface area contributed by atoms with Gasteiger partial charge in [-0.05, 0) is 49.8 Å². The molecule has 1 aliphatic rings. The van der Waals surface area contributed by atoms with Crippen LogP contribution in [0.25, 0.3) is 0 Å². The van der Waals surface area contributed by atoms with Crippen molar-refractivity contribution in [2.75, 3.05) is 24.4 Å². The summed E-state index contributed by atoms with van der Waals surface area (Å²) >= 11 is 7.48. The van der Waals surface area contributed by atoms with Gasteiger partial charge in [0, 0.05) is 22.9 Å². The zero-order valence-electron chi connectivity index (χ0n) is 17.0. The number of thiophene rings is 1. The summed E-state index contributed by atoms with van der Waals surface area (Å²) in [6.07, 6.45) is 3.64. The van der Waals surface area contributed by atoms with Crippen molar-refractivity contribution >= 4 is 51.4 Å². The summed E-state index contributed by atoms with van der Waals surface area (Å²) in [5.41, 5.74) is 2.48. The topological polar surface area (TPSA) is 93.7 Å². The van der Waals surface area contributed by atoms with Crippen LogP contribution in [0.15, 0.2) is 12.1 Å². The molecule has 0 aliphatic heterocycles. The molecule has 2 N–H and O–H groups in total. The van der Waals surface area contributed by atoms with Gasteiger partial charge in [-0.3, -0.25) is 9.59 Å². The van der Waals surface area contributed by atoms with Gasteiger partial charge in [0.05, 0.1) is 18.4 Å². The summed E-state index contributed by atoms with van der Waals surface area (Å²) in [5.74, 6) is -0.975. The Kier molecular flexibility index (Phi) is 6.99. The molecule has 7 nitrogen and oxygen atoms in total. The second kappa shape index (κ2) is 9.49. The van der Waals surface area contributed by atoms with Crippen LogP contribution in [0.5, 0.6) is 5.75 Å².